The molecule has 3 aromatic rings. The van der Waals surface area contributed by atoms with Crippen LogP contribution in [0, 0.1) is 6.92 Å². The molecule has 0 spiro atoms. The molecule has 6 heteroatoms. The Hall–Kier alpha value is -2.47. The lowest BCUT2D eigenvalue weighted by Gasteiger charge is -2.06. The summed E-state index contributed by atoms with van der Waals surface area (Å²) in [6, 6.07) is 10.9. The van der Waals surface area contributed by atoms with Crippen molar-refractivity contribution in [3.8, 4) is 0 Å². The topological polar surface area (TPSA) is 76.0 Å². The average Bonchev–Trinajstić information content (AvgIpc) is 2.48. The number of hydrogen-bond donors (Lipinski definition) is 1. The summed E-state index contributed by atoms with van der Waals surface area (Å²) in [6.07, 6.45) is 1.48. The molecule has 0 bridgehead atoms. The first-order valence-corrected chi connectivity index (χ1v) is 7.06. The van der Waals surface area contributed by atoms with Gasteiger partial charge in [-0.05, 0) is 31.2 Å². The van der Waals surface area contributed by atoms with Crippen LogP contribution in [0.4, 0.5) is 0 Å². The van der Waals surface area contributed by atoms with Crippen molar-refractivity contribution in [1.82, 2.24) is 15.0 Å². The largest absolute Gasteiger partial charge is 0.477 e. The monoisotopic (exact) mass is 297 g/mol. The Bertz CT molecular complexity index is 836. The number of carboxylic acid groups (broad SMARTS) is 1. The van der Waals surface area contributed by atoms with Crippen molar-refractivity contribution in [3.05, 3.63) is 54.0 Å². The molecule has 0 saturated heterocycles. The molecule has 5 nitrogen and oxygen atoms in total. The predicted molar refractivity (Wildman–Crippen MR) is 79.6 cm³/mol. The molecule has 1 N–H and O–H groups in total. The number of aryl methyl sites for hydroxylation is 1. The second-order valence-corrected chi connectivity index (χ2v) is 5.45. The quantitative estimate of drug-likeness (QED) is 0.800. The maximum absolute atomic E-state index is 10.9. The van der Waals surface area contributed by atoms with Gasteiger partial charge >= 0.3 is 5.97 Å². The molecule has 0 saturated carbocycles. The zero-order valence-corrected chi connectivity index (χ0v) is 12.0. The highest BCUT2D eigenvalue weighted by atomic mass is 32.2. The Labute approximate surface area is 125 Å². The lowest BCUT2D eigenvalue weighted by molar-refractivity contribution is 0.0690. The number of rotatable bonds is 3. The minimum absolute atomic E-state index is 0.0198. The van der Waals surface area contributed by atoms with Gasteiger partial charge in [-0.25, -0.2) is 19.7 Å². The van der Waals surface area contributed by atoms with Crippen molar-refractivity contribution in [2.75, 3.05) is 0 Å². The van der Waals surface area contributed by atoms with E-state index in [0.717, 1.165) is 26.6 Å². The molecule has 3 rings (SSSR count). The van der Waals surface area contributed by atoms with E-state index >= 15 is 0 Å². The Balaban J connectivity index is 1.99. The van der Waals surface area contributed by atoms with Gasteiger partial charge in [-0.15, -0.1) is 0 Å². The molecule has 0 aliphatic heterocycles. The van der Waals surface area contributed by atoms with E-state index in [1.54, 1.807) is 6.07 Å². The van der Waals surface area contributed by atoms with Gasteiger partial charge in [0.2, 0.25) is 0 Å². The lowest BCUT2D eigenvalue weighted by Crippen LogP contribution is -1.99. The van der Waals surface area contributed by atoms with Crippen LogP contribution in [0.3, 0.4) is 0 Å². The molecule has 2 heterocycles. The second-order valence-electron chi connectivity index (χ2n) is 4.39. The van der Waals surface area contributed by atoms with Gasteiger partial charge in [0.05, 0.1) is 16.7 Å². The van der Waals surface area contributed by atoms with Crippen LogP contribution in [-0.2, 0) is 0 Å². The molecular formula is C15H11N3O2S. The van der Waals surface area contributed by atoms with Gasteiger partial charge < -0.3 is 5.11 Å². The molecule has 0 aliphatic carbocycles. The third kappa shape index (κ3) is 2.85. The van der Waals surface area contributed by atoms with Gasteiger partial charge in [0.1, 0.15) is 10.7 Å². The zero-order valence-electron chi connectivity index (χ0n) is 11.1. The summed E-state index contributed by atoms with van der Waals surface area (Å²) in [4.78, 5) is 24.6. The number of hydrogen-bond acceptors (Lipinski definition) is 5. The average molecular weight is 297 g/mol. The van der Waals surface area contributed by atoms with E-state index < -0.39 is 5.97 Å². The molecule has 1 aromatic carbocycles. The molecule has 0 aliphatic rings. The number of aromatic nitrogens is 3. The molecule has 0 radical (unpaired) electrons. The highest BCUT2D eigenvalue weighted by Gasteiger charge is 2.10. The van der Waals surface area contributed by atoms with Crippen LogP contribution in [0.5, 0.6) is 0 Å². The van der Waals surface area contributed by atoms with E-state index in [4.69, 9.17) is 5.11 Å². The number of benzene rings is 1. The second kappa shape index (κ2) is 5.49. The van der Waals surface area contributed by atoms with E-state index in [1.807, 2.05) is 31.2 Å². The van der Waals surface area contributed by atoms with E-state index in [9.17, 15) is 4.79 Å². The van der Waals surface area contributed by atoms with E-state index in [2.05, 4.69) is 15.0 Å². The summed E-state index contributed by atoms with van der Waals surface area (Å²) in [5, 5.41) is 9.73. The van der Waals surface area contributed by atoms with E-state index in [1.165, 1.54) is 24.0 Å². The number of para-hydroxylation sites is 2. The zero-order chi connectivity index (χ0) is 14.8. The van der Waals surface area contributed by atoms with Crippen LogP contribution in [0.1, 0.15) is 16.2 Å². The molecule has 104 valence electrons. The molecule has 0 fully saturated rings. The van der Waals surface area contributed by atoms with Crippen molar-refractivity contribution in [2.45, 2.75) is 16.8 Å². The van der Waals surface area contributed by atoms with Gasteiger partial charge in [0.25, 0.3) is 0 Å². The lowest BCUT2D eigenvalue weighted by atomic mass is 10.3. The van der Waals surface area contributed by atoms with Crippen LogP contribution in [0.25, 0.3) is 11.0 Å². The summed E-state index contributed by atoms with van der Waals surface area (Å²) in [6.45, 7) is 1.89. The molecular weight excluding hydrogens is 286 g/mol. The maximum Gasteiger partial charge on any atom is 0.354 e. The third-order valence-corrected chi connectivity index (χ3v) is 3.94. The summed E-state index contributed by atoms with van der Waals surface area (Å²) < 4.78 is 0. The van der Waals surface area contributed by atoms with Crippen LogP contribution in [0.2, 0.25) is 0 Å². The van der Waals surface area contributed by atoms with Crippen molar-refractivity contribution >= 4 is 28.8 Å². The number of pyridine rings is 1. The summed E-state index contributed by atoms with van der Waals surface area (Å²) >= 11 is 1.38. The fraction of sp³-hybridized carbons (Fsp3) is 0.0667. The first-order chi connectivity index (χ1) is 10.1. The Kier molecular flexibility index (Phi) is 3.53. The molecule has 0 atom stereocenters. The summed E-state index contributed by atoms with van der Waals surface area (Å²) in [5.41, 5.74) is 2.50. The fourth-order valence-corrected chi connectivity index (χ4v) is 2.73. The SMILES string of the molecule is Cc1nc2ccccc2nc1Sc1ccnc(C(=O)O)c1. The standard InChI is InChI=1S/C15H11N3O2S/c1-9-14(18-12-5-3-2-4-11(12)17-9)21-10-6-7-16-13(8-10)15(19)20/h2-8H,1H3,(H,19,20). The summed E-state index contributed by atoms with van der Waals surface area (Å²) in [7, 11) is 0. The van der Waals surface area contributed by atoms with Crippen LogP contribution < -0.4 is 0 Å². The predicted octanol–water partition coefficient (Wildman–Crippen LogP) is 3.18. The number of nitrogens with zero attached hydrogens (tertiary/aromatic N) is 3. The molecule has 0 amide bonds. The third-order valence-electron chi connectivity index (χ3n) is 2.87. The van der Waals surface area contributed by atoms with E-state index in [-0.39, 0.29) is 5.69 Å². The Morgan fingerprint density at radius 1 is 1.14 bits per heavy atom. The van der Waals surface area contributed by atoms with Crippen molar-refractivity contribution in [3.63, 3.8) is 0 Å². The maximum atomic E-state index is 10.9. The fourth-order valence-electron chi connectivity index (χ4n) is 1.87. The Morgan fingerprint density at radius 2 is 1.86 bits per heavy atom. The number of carboxylic acids is 1. The number of carbonyl (C=O) groups is 1. The number of fused-ring (bicyclic) bond motifs is 1. The van der Waals surface area contributed by atoms with Crippen LogP contribution in [0.15, 0.2) is 52.5 Å². The number of aromatic carboxylic acids is 1. The van der Waals surface area contributed by atoms with Crippen LogP contribution in [-0.4, -0.2) is 26.0 Å². The van der Waals surface area contributed by atoms with Crippen molar-refractivity contribution in [2.24, 2.45) is 0 Å². The normalized spacial score (nSPS) is 10.7. The Morgan fingerprint density at radius 3 is 2.57 bits per heavy atom. The van der Waals surface area contributed by atoms with Gasteiger partial charge in [0, 0.05) is 11.1 Å². The minimum atomic E-state index is -1.04. The molecule has 0 unspecified atom stereocenters. The highest BCUT2D eigenvalue weighted by Crippen LogP contribution is 2.29. The first-order valence-electron chi connectivity index (χ1n) is 6.24. The highest BCUT2D eigenvalue weighted by molar-refractivity contribution is 7.99. The summed E-state index contributed by atoms with van der Waals surface area (Å²) in [5.74, 6) is -1.04. The minimum Gasteiger partial charge on any atom is -0.477 e. The first kappa shape index (κ1) is 13.5. The van der Waals surface area contributed by atoms with Gasteiger partial charge in [-0.2, -0.15) is 0 Å². The smallest absolute Gasteiger partial charge is 0.354 e. The van der Waals surface area contributed by atoms with Crippen LogP contribution >= 0.6 is 11.8 Å². The van der Waals surface area contributed by atoms with Gasteiger partial charge in [-0.3, -0.25) is 0 Å². The van der Waals surface area contributed by atoms with Crippen molar-refractivity contribution < 1.29 is 9.90 Å². The molecule has 2 aromatic heterocycles. The van der Waals surface area contributed by atoms with Gasteiger partial charge in [-0.1, -0.05) is 23.9 Å². The van der Waals surface area contributed by atoms with Crippen molar-refractivity contribution in [1.29, 1.82) is 0 Å². The van der Waals surface area contributed by atoms with Gasteiger partial charge in [0.15, 0.2) is 0 Å². The van der Waals surface area contributed by atoms with E-state index in [0.29, 0.717) is 0 Å². The molecule has 21 heavy (non-hydrogen) atoms.